The van der Waals surface area contributed by atoms with Gasteiger partial charge in [-0.3, -0.25) is 19.3 Å². The topological polar surface area (TPSA) is 127 Å². The van der Waals surface area contributed by atoms with Crippen molar-refractivity contribution >= 4 is 34.9 Å². The molecule has 4 aromatic rings. The zero-order chi connectivity index (χ0) is 35.1. The highest BCUT2D eigenvalue weighted by molar-refractivity contribution is 6.21. The van der Waals surface area contributed by atoms with Crippen LogP contribution in [0.4, 0.5) is 24.7 Å². The summed E-state index contributed by atoms with van der Waals surface area (Å²) in [6, 6.07) is 31.0. The fourth-order valence-corrected chi connectivity index (χ4v) is 4.69. The Morgan fingerprint density at radius 3 is 2.06 bits per heavy atom. The highest BCUT2D eigenvalue weighted by atomic mass is 19.4. The number of benzene rings is 3. The lowest BCUT2D eigenvalue weighted by molar-refractivity contribution is -0.143. The number of ether oxygens (including phenoxy) is 1. The first kappa shape index (κ1) is 36.5. The smallest absolute Gasteiger partial charge is 0.389 e. The number of benzodiazepines with no additional fused rings is 1. The Kier molecular flexibility index (Phi) is 13.4. The minimum Gasteiger partial charge on any atom is -0.495 e. The molecule has 0 bridgehead atoms. The quantitative estimate of drug-likeness (QED) is 0.220. The number of nitrogens with two attached hydrogens (primary N) is 1. The van der Waals surface area contributed by atoms with E-state index in [0.29, 0.717) is 28.3 Å². The van der Waals surface area contributed by atoms with Gasteiger partial charge in [-0.1, -0.05) is 84.9 Å². The molecular formula is C36H34F3N5O4. The molecule has 2 heterocycles. The molecule has 5 rings (SSSR count). The number of fused-ring (bicyclic) bond motifs is 1. The number of aromatic nitrogens is 1. The number of para-hydroxylation sites is 1. The summed E-state index contributed by atoms with van der Waals surface area (Å²) in [6.45, 7) is 0. The molecule has 3 N–H and O–H groups in total. The minimum absolute atomic E-state index is 0.202. The number of carbonyl (C=O) groups excluding carboxylic acids is 3. The Balaban J connectivity index is 0.000000692. The van der Waals surface area contributed by atoms with Crippen LogP contribution in [0.5, 0.6) is 5.75 Å². The van der Waals surface area contributed by atoms with Crippen molar-refractivity contribution < 1.29 is 32.3 Å². The SMILES string of the molecule is C#C.COc1ccc(N2C(=O)[C@@H](NC(=O)[C@H](CCC(F)(F)F)CC(N)=O)N=C(c3ccccc3)c3ccccc32)nc1.c1ccccc1. The van der Waals surface area contributed by atoms with Crippen LogP contribution < -0.4 is 20.7 Å². The van der Waals surface area contributed by atoms with Crippen LogP contribution in [0.3, 0.4) is 0 Å². The van der Waals surface area contributed by atoms with Crippen LogP contribution >= 0.6 is 0 Å². The Morgan fingerprint density at radius 1 is 0.938 bits per heavy atom. The normalized spacial score (nSPS) is 14.3. The van der Waals surface area contributed by atoms with Crippen LogP contribution in [-0.2, 0) is 14.4 Å². The van der Waals surface area contributed by atoms with Gasteiger partial charge in [0.05, 0.1) is 24.7 Å². The number of carbonyl (C=O) groups is 3. The summed E-state index contributed by atoms with van der Waals surface area (Å²) < 4.78 is 44.0. The van der Waals surface area contributed by atoms with E-state index in [-0.39, 0.29) is 5.82 Å². The molecule has 0 unspecified atom stereocenters. The van der Waals surface area contributed by atoms with Crippen LogP contribution in [0.1, 0.15) is 30.4 Å². The number of methoxy groups -OCH3 is 1. The Labute approximate surface area is 276 Å². The van der Waals surface area contributed by atoms with E-state index in [4.69, 9.17) is 10.5 Å². The number of rotatable bonds is 9. The van der Waals surface area contributed by atoms with Crippen molar-refractivity contribution in [2.24, 2.45) is 16.6 Å². The van der Waals surface area contributed by atoms with Gasteiger partial charge in [-0.05, 0) is 24.6 Å². The number of pyridine rings is 1. The van der Waals surface area contributed by atoms with E-state index >= 15 is 0 Å². The summed E-state index contributed by atoms with van der Waals surface area (Å²) in [4.78, 5) is 49.0. The molecule has 48 heavy (non-hydrogen) atoms. The van der Waals surface area contributed by atoms with Crippen molar-refractivity contribution in [2.45, 2.75) is 31.6 Å². The molecule has 3 amide bonds. The molecule has 2 atom stereocenters. The first-order valence-corrected chi connectivity index (χ1v) is 14.6. The van der Waals surface area contributed by atoms with Crippen molar-refractivity contribution in [3.05, 3.63) is 120 Å². The van der Waals surface area contributed by atoms with Gasteiger partial charge in [0.15, 0.2) is 0 Å². The second kappa shape index (κ2) is 17.7. The molecule has 12 heteroatoms. The Hall–Kier alpha value is -5.96. The molecule has 0 spiro atoms. The highest BCUT2D eigenvalue weighted by Gasteiger charge is 2.37. The van der Waals surface area contributed by atoms with Gasteiger partial charge in [0, 0.05) is 29.9 Å². The maximum atomic E-state index is 14.0. The van der Waals surface area contributed by atoms with E-state index in [1.807, 2.05) is 36.4 Å². The predicted molar refractivity (Wildman–Crippen MR) is 177 cm³/mol. The summed E-state index contributed by atoms with van der Waals surface area (Å²) in [6.07, 6.45) is 0.706. The summed E-state index contributed by atoms with van der Waals surface area (Å²) >= 11 is 0. The molecule has 9 nitrogen and oxygen atoms in total. The fourth-order valence-electron chi connectivity index (χ4n) is 4.69. The first-order valence-electron chi connectivity index (χ1n) is 14.6. The first-order chi connectivity index (χ1) is 23.1. The van der Waals surface area contributed by atoms with E-state index < -0.39 is 55.2 Å². The molecule has 1 aliphatic heterocycles. The number of anilines is 2. The van der Waals surface area contributed by atoms with Crippen molar-refractivity contribution in [1.82, 2.24) is 10.3 Å². The largest absolute Gasteiger partial charge is 0.495 e. The van der Waals surface area contributed by atoms with E-state index in [0.717, 1.165) is 0 Å². The number of hydrogen-bond acceptors (Lipinski definition) is 6. The van der Waals surface area contributed by atoms with Gasteiger partial charge < -0.3 is 15.8 Å². The molecule has 1 aromatic heterocycles. The van der Waals surface area contributed by atoms with Crippen LogP contribution in [0.2, 0.25) is 0 Å². The average molecular weight is 658 g/mol. The van der Waals surface area contributed by atoms with Crippen molar-refractivity contribution in [2.75, 3.05) is 12.0 Å². The average Bonchev–Trinajstić information content (AvgIpc) is 3.22. The molecule has 0 fully saturated rings. The molecular weight excluding hydrogens is 623 g/mol. The second-order valence-electron chi connectivity index (χ2n) is 10.2. The van der Waals surface area contributed by atoms with Crippen molar-refractivity contribution in [1.29, 1.82) is 0 Å². The second-order valence-corrected chi connectivity index (χ2v) is 10.2. The lowest BCUT2D eigenvalue weighted by Crippen LogP contribution is -2.48. The van der Waals surface area contributed by atoms with Crippen LogP contribution in [0, 0.1) is 18.8 Å². The highest BCUT2D eigenvalue weighted by Crippen LogP contribution is 2.34. The van der Waals surface area contributed by atoms with E-state index in [1.165, 1.54) is 18.2 Å². The van der Waals surface area contributed by atoms with Gasteiger partial charge >= 0.3 is 6.18 Å². The molecule has 0 aliphatic carbocycles. The zero-order valence-corrected chi connectivity index (χ0v) is 26.0. The molecule has 3 aromatic carbocycles. The standard InChI is InChI=1S/C28H26F3N5O4.C6H6.C2H2/c1-40-19-11-12-23(33-16-19)36-21-10-6-5-9-20(21)24(17-7-3-2-4-8-17)34-25(27(36)39)35-26(38)18(15-22(32)37)13-14-28(29,30)31;1-2-4-6-5-3-1;1-2/h2-12,16,18,25H,13-15H2,1H3,(H2,32,37)(H,35,38);1-6H;1-2H/t18-,25-;;/m1../s1. The maximum Gasteiger partial charge on any atom is 0.389 e. The van der Waals surface area contributed by atoms with Gasteiger partial charge in [0.25, 0.3) is 5.91 Å². The summed E-state index contributed by atoms with van der Waals surface area (Å²) in [5, 5.41) is 2.46. The lowest BCUT2D eigenvalue weighted by Gasteiger charge is -2.25. The van der Waals surface area contributed by atoms with E-state index in [2.05, 4.69) is 28.1 Å². The number of nitrogens with zero attached hydrogens (tertiary/aromatic N) is 3. The minimum atomic E-state index is -4.55. The molecule has 0 saturated carbocycles. The number of primary amides is 1. The van der Waals surface area contributed by atoms with Crippen LogP contribution in [0.15, 0.2) is 114 Å². The van der Waals surface area contributed by atoms with Gasteiger partial charge in [-0.2, -0.15) is 13.2 Å². The number of halogens is 3. The predicted octanol–water partition coefficient (Wildman–Crippen LogP) is 5.82. The third kappa shape index (κ3) is 10.3. The van der Waals surface area contributed by atoms with Gasteiger partial charge in [0.2, 0.25) is 18.0 Å². The summed E-state index contributed by atoms with van der Waals surface area (Å²) in [5.74, 6) is -3.37. The number of terminal acetylenes is 1. The van der Waals surface area contributed by atoms with Crippen LogP contribution in [0.25, 0.3) is 0 Å². The van der Waals surface area contributed by atoms with E-state index in [1.54, 1.807) is 66.7 Å². The molecule has 0 radical (unpaired) electrons. The van der Waals surface area contributed by atoms with Gasteiger partial charge in [-0.15, -0.1) is 12.8 Å². The van der Waals surface area contributed by atoms with Gasteiger partial charge in [-0.25, -0.2) is 9.98 Å². The third-order valence-electron chi connectivity index (χ3n) is 6.89. The van der Waals surface area contributed by atoms with Crippen LogP contribution in [-0.4, -0.2) is 47.9 Å². The summed E-state index contributed by atoms with van der Waals surface area (Å²) in [5.41, 5.74) is 7.20. The maximum absolute atomic E-state index is 14.0. The zero-order valence-electron chi connectivity index (χ0n) is 26.0. The molecule has 248 valence electrons. The molecule has 0 saturated heterocycles. The number of alkyl halides is 3. The fraction of sp³-hybridized carbons (Fsp3) is 0.194. The lowest BCUT2D eigenvalue weighted by atomic mass is 9.97. The number of aliphatic imine (C=N–C) groups is 1. The van der Waals surface area contributed by atoms with Gasteiger partial charge in [0.1, 0.15) is 11.6 Å². The Morgan fingerprint density at radius 2 is 1.52 bits per heavy atom. The Bertz CT molecular complexity index is 1670. The van der Waals surface area contributed by atoms with Crippen molar-refractivity contribution in [3.63, 3.8) is 0 Å². The number of amides is 3. The van der Waals surface area contributed by atoms with E-state index in [9.17, 15) is 27.6 Å². The number of nitrogens with one attached hydrogen (secondary N) is 1. The monoisotopic (exact) mass is 657 g/mol. The number of hydrogen-bond donors (Lipinski definition) is 2. The third-order valence-corrected chi connectivity index (χ3v) is 6.89. The summed E-state index contributed by atoms with van der Waals surface area (Å²) in [7, 11) is 1.47. The molecule has 1 aliphatic rings. The van der Waals surface area contributed by atoms with Crippen molar-refractivity contribution in [3.8, 4) is 18.6 Å².